The maximum Gasteiger partial charge on any atom is 0.224 e. The van der Waals surface area contributed by atoms with Crippen LogP contribution in [0.3, 0.4) is 0 Å². The van der Waals surface area contributed by atoms with E-state index in [1.165, 1.54) is 11.1 Å². The largest absolute Gasteiger partial charge is 0.343 e. The van der Waals surface area contributed by atoms with E-state index in [9.17, 15) is 9.59 Å². The Kier molecular flexibility index (Phi) is 8.66. The summed E-state index contributed by atoms with van der Waals surface area (Å²) in [5, 5.41) is 4.16. The highest BCUT2D eigenvalue weighted by Gasteiger charge is 2.36. The molecule has 2 amide bonds. The molecule has 1 saturated heterocycles. The number of aryl methyl sites for hydroxylation is 2. The molecule has 1 atom stereocenters. The maximum absolute atomic E-state index is 12.9. The van der Waals surface area contributed by atoms with Crippen molar-refractivity contribution in [2.45, 2.75) is 50.9 Å². The number of piperidine rings is 1. The molecule has 2 aliphatic rings. The van der Waals surface area contributed by atoms with Crippen molar-refractivity contribution in [3.05, 3.63) is 85.8 Å². The molecule has 0 spiro atoms. The Balaban J connectivity index is 1.23. The molecule has 1 aliphatic carbocycles. The van der Waals surface area contributed by atoms with Gasteiger partial charge in [0.25, 0.3) is 0 Å². The number of carbonyl (C=O) groups is 2. The minimum atomic E-state index is -0.105. The monoisotopic (exact) mass is 614 g/mol. The second-order valence-corrected chi connectivity index (χ2v) is 11.8. The summed E-state index contributed by atoms with van der Waals surface area (Å²) in [6.45, 7) is 1.38. The van der Waals surface area contributed by atoms with E-state index in [0.717, 1.165) is 41.4 Å². The van der Waals surface area contributed by atoms with Crippen molar-refractivity contribution in [2.75, 3.05) is 18.4 Å². The third kappa shape index (κ3) is 6.22. The van der Waals surface area contributed by atoms with Crippen LogP contribution in [0.1, 0.15) is 60.4 Å². The second kappa shape index (κ2) is 12.1. The molecule has 9 heteroatoms. The topological polar surface area (TPSA) is 75.2 Å². The van der Waals surface area contributed by atoms with E-state index in [0.29, 0.717) is 54.0 Å². The number of rotatable bonds is 6. The van der Waals surface area contributed by atoms with E-state index in [4.69, 9.17) is 28.2 Å². The van der Waals surface area contributed by atoms with Gasteiger partial charge in [-0.25, -0.2) is 0 Å². The normalized spacial score (nSPS) is 17.3. The number of nitrogens with one attached hydrogen (secondary N) is 1. The van der Waals surface area contributed by atoms with Crippen LogP contribution >= 0.6 is 39.1 Å². The summed E-state index contributed by atoms with van der Waals surface area (Å²) in [5.41, 5.74) is 5.30. The van der Waals surface area contributed by atoms with E-state index in [2.05, 4.69) is 32.3 Å². The molecule has 3 heterocycles. The number of likely N-dealkylation sites (tertiary alicyclic amines) is 1. The molecule has 6 nitrogen and oxygen atoms in total. The summed E-state index contributed by atoms with van der Waals surface area (Å²) in [6, 6.07) is 9.61. The summed E-state index contributed by atoms with van der Waals surface area (Å²) in [5.74, 6) is 0.374. The zero-order valence-corrected chi connectivity index (χ0v) is 24.0. The van der Waals surface area contributed by atoms with E-state index < -0.39 is 0 Å². The number of fused-ring (bicyclic) bond motifs is 2. The van der Waals surface area contributed by atoms with Gasteiger partial charge in [-0.1, -0.05) is 23.2 Å². The average Bonchev–Trinajstić information content (AvgIpc) is 3.06. The molecule has 0 saturated carbocycles. The Morgan fingerprint density at radius 3 is 2.61 bits per heavy atom. The molecule has 5 rings (SSSR count). The van der Waals surface area contributed by atoms with Gasteiger partial charge in [0.05, 0.1) is 17.6 Å². The van der Waals surface area contributed by atoms with Crippen LogP contribution in [0.2, 0.25) is 10.0 Å². The Morgan fingerprint density at radius 1 is 1.05 bits per heavy atom. The Hall–Kier alpha value is -2.48. The number of amides is 2. The zero-order valence-electron chi connectivity index (χ0n) is 20.9. The number of aromatic nitrogens is 2. The summed E-state index contributed by atoms with van der Waals surface area (Å²) < 4.78 is 0.972. The number of hydrogen-bond acceptors (Lipinski definition) is 4. The number of benzene rings is 1. The first kappa shape index (κ1) is 27.1. The van der Waals surface area contributed by atoms with Gasteiger partial charge in [0.15, 0.2) is 0 Å². The molecule has 1 fully saturated rings. The molecule has 0 bridgehead atoms. The van der Waals surface area contributed by atoms with Gasteiger partial charge < -0.3 is 10.2 Å². The van der Waals surface area contributed by atoms with Crippen LogP contribution in [0.5, 0.6) is 0 Å². The SMILES string of the molecule is O=C(CCCC(=O)N1CCC(C2c3ncc(Br)cc3CCc3cc(Cl)cc(Cl)c32)CC1)Nc1cccnc1. The van der Waals surface area contributed by atoms with Crippen molar-refractivity contribution < 1.29 is 9.59 Å². The fourth-order valence-corrected chi connectivity index (χ4v) is 6.76. The number of halogens is 3. The molecule has 3 aromatic rings. The van der Waals surface area contributed by atoms with Crippen LogP contribution in [0.25, 0.3) is 0 Å². The highest BCUT2D eigenvalue weighted by atomic mass is 79.9. The van der Waals surface area contributed by atoms with Gasteiger partial charge in [-0.05, 0) is 101 Å². The summed E-state index contributed by atoms with van der Waals surface area (Å²) in [4.78, 5) is 35.9. The van der Waals surface area contributed by atoms with Crippen LogP contribution in [0, 0.1) is 5.92 Å². The van der Waals surface area contributed by atoms with Gasteiger partial charge in [-0.15, -0.1) is 0 Å². The second-order valence-electron chi connectivity index (χ2n) is 10.00. The average molecular weight is 616 g/mol. The van der Waals surface area contributed by atoms with Crippen molar-refractivity contribution in [1.29, 1.82) is 0 Å². The Morgan fingerprint density at radius 2 is 1.84 bits per heavy atom. The molecule has 1 aromatic carbocycles. The lowest BCUT2D eigenvalue weighted by atomic mass is 9.76. The van der Waals surface area contributed by atoms with Crippen molar-refractivity contribution in [3.63, 3.8) is 0 Å². The van der Waals surface area contributed by atoms with Crippen LogP contribution in [0.4, 0.5) is 5.69 Å². The van der Waals surface area contributed by atoms with Crippen LogP contribution in [-0.2, 0) is 22.4 Å². The van der Waals surface area contributed by atoms with Gasteiger partial charge in [0.1, 0.15) is 0 Å². The van der Waals surface area contributed by atoms with Crippen LogP contribution in [-0.4, -0.2) is 39.8 Å². The fraction of sp³-hybridized carbons (Fsp3) is 0.379. The van der Waals surface area contributed by atoms with Gasteiger partial charge in [0, 0.05) is 58.8 Å². The molecular weight excluding hydrogens is 587 g/mol. The zero-order chi connectivity index (χ0) is 26.6. The van der Waals surface area contributed by atoms with Crippen molar-refractivity contribution in [1.82, 2.24) is 14.9 Å². The molecule has 1 N–H and O–H groups in total. The molecule has 2 aromatic heterocycles. The summed E-state index contributed by atoms with van der Waals surface area (Å²) in [6.07, 6.45) is 9.79. The number of anilines is 1. The third-order valence-electron chi connectivity index (χ3n) is 7.52. The first-order valence-electron chi connectivity index (χ1n) is 13.0. The van der Waals surface area contributed by atoms with Crippen molar-refractivity contribution >= 4 is 56.6 Å². The van der Waals surface area contributed by atoms with E-state index in [1.54, 1.807) is 24.5 Å². The number of hydrogen-bond donors (Lipinski definition) is 1. The van der Waals surface area contributed by atoms with E-state index in [1.807, 2.05) is 23.2 Å². The summed E-state index contributed by atoms with van der Waals surface area (Å²) >= 11 is 16.8. The standard InChI is InChI=1S/C29H29BrCl2N4O2/c30-21-13-20-7-6-19-14-22(31)15-24(32)27(19)28(29(20)34-16-21)18-8-11-36(12-9-18)26(38)5-1-4-25(37)35-23-3-2-10-33-17-23/h2-3,10,13-18,28H,1,4-9,11-12H2,(H,35,37). The van der Waals surface area contributed by atoms with E-state index in [-0.39, 0.29) is 17.7 Å². The van der Waals surface area contributed by atoms with E-state index >= 15 is 0 Å². The minimum Gasteiger partial charge on any atom is -0.343 e. The molecule has 1 unspecified atom stereocenters. The number of carbonyl (C=O) groups excluding carboxylic acids is 2. The summed E-state index contributed by atoms with van der Waals surface area (Å²) in [7, 11) is 0. The third-order valence-corrected chi connectivity index (χ3v) is 8.49. The molecule has 1 aliphatic heterocycles. The molecule has 198 valence electrons. The highest BCUT2D eigenvalue weighted by molar-refractivity contribution is 9.10. The lowest BCUT2D eigenvalue weighted by Crippen LogP contribution is -2.40. The first-order valence-corrected chi connectivity index (χ1v) is 14.5. The lowest BCUT2D eigenvalue weighted by molar-refractivity contribution is -0.132. The van der Waals surface area contributed by atoms with Gasteiger partial charge >= 0.3 is 0 Å². The molecule has 0 radical (unpaired) electrons. The van der Waals surface area contributed by atoms with Crippen LogP contribution in [0.15, 0.2) is 53.4 Å². The lowest BCUT2D eigenvalue weighted by Gasteiger charge is -2.37. The fourth-order valence-electron chi connectivity index (χ4n) is 5.73. The quantitative estimate of drug-likeness (QED) is 0.330. The smallest absolute Gasteiger partial charge is 0.224 e. The predicted molar refractivity (Wildman–Crippen MR) is 154 cm³/mol. The highest BCUT2D eigenvalue weighted by Crippen LogP contribution is 2.46. The number of nitrogens with zero attached hydrogens (tertiary/aromatic N) is 3. The van der Waals surface area contributed by atoms with Gasteiger partial charge in [-0.3, -0.25) is 19.6 Å². The van der Waals surface area contributed by atoms with Crippen molar-refractivity contribution in [2.24, 2.45) is 5.92 Å². The molecule has 38 heavy (non-hydrogen) atoms. The minimum absolute atomic E-state index is 0.0637. The predicted octanol–water partition coefficient (Wildman–Crippen LogP) is 6.82. The Labute approximate surface area is 241 Å². The maximum atomic E-state index is 12.9. The number of pyridine rings is 2. The van der Waals surface area contributed by atoms with Gasteiger partial charge in [-0.2, -0.15) is 0 Å². The molecular formula is C29H29BrCl2N4O2. The first-order chi connectivity index (χ1) is 18.4. The Bertz CT molecular complexity index is 1330. The van der Waals surface area contributed by atoms with Gasteiger partial charge in [0.2, 0.25) is 11.8 Å². The van der Waals surface area contributed by atoms with Crippen molar-refractivity contribution in [3.8, 4) is 0 Å². The van der Waals surface area contributed by atoms with Crippen LogP contribution < -0.4 is 5.32 Å².